The maximum Gasteiger partial charge on any atom is 0.414 e. The van der Waals surface area contributed by atoms with E-state index in [1.807, 2.05) is 12.1 Å². The Labute approximate surface area is 83.3 Å². The molecule has 4 heteroatoms. The number of amides is 1. The molecule has 2 N–H and O–H groups in total. The summed E-state index contributed by atoms with van der Waals surface area (Å²) in [5.74, 6) is 0.522. The standard InChI is InChI=1S/C10H14N2O2/c1-12(2)10(13)14-9-6-4-3-5-8(9)7-11/h3-6H,7,11H2,1-2H3. The fourth-order valence-electron chi connectivity index (χ4n) is 0.957. The lowest BCUT2D eigenvalue weighted by Gasteiger charge is -2.12. The van der Waals surface area contributed by atoms with E-state index in [1.54, 1.807) is 26.2 Å². The first-order valence-corrected chi connectivity index (χ1v) is 4.32. The van der Waals surface area contributed by atoms with Crippen molar-refractivity contribution in [3.8, 4) is 5.75 Å². The van der Waals surface area contributed by atoms with Gasteiger partial charge in [0.2, 0.25) is 0 Å². The zero-order valence-corrected chi connectivity index (χ0v) is 8.36. The van der Waals surface area contributed by atoms with Gasteiger partial charge < -0.3 is 15.4 Å². The Kier molecular flexibility index (Phi) is 3.48. The van der Waals surface area contributed by atoms with E-state index < -0.39 is 6.09 Å². The summed E-state index contributed by atoms with van der Waals surface area (Å²) >= 11 is 0. The van der Waals surface area contributed by atoms with Gasteiger partial charge in [0.1, 0.15) is 5.75 Å². The largest absolute Gasteiger partial charge is 0.414 e. The van der Waals surface area contributed by atoms with Crippen molar-refractivity contribution in [1.29, 1.82) is 0 Å². The lowest BCUT2D eigenvalue weighted by molar-refractivity contribution is 0.171. The second-order valence-electron chi connectivity index (χ2n) is 3.07. The van der Waals surface area contributed by atoms with Gasteiger partial charge in [-0.15, -0.1) is 0 Å². The van der Waals surface area contributed by atoms with E-state index in [9.17, 15) is 4.79 Å². The van der Waals surface area contributed by atoms with Crippen molar-refractivity contribution < 1.29 is 9.53 Å². The molecule has 4 nitrogen and oxygen atoms in total. The van der Waals surface area contributed by atoms with Gasteiger partial charge in [-0.05, 0) is 6.07 Å². The first-order valence-electron chi connectivity index (χ1n) is 4.32. The van der Waals surface area contributed by atoms with Crippen LogP contribution in [0.2, 0.25) is 0 Å². The summed E-state index contributed by atoms with van der Waals surface area (Å²) in [6.45, 7) is 0.358. The fraction of sp³-hybridized carbons (Fsp3) is 0.300. The van der Waals surface area contributed by atoms with E-state index in [-0.39, 0.29) is 0 Å². The van der Waals surface area contributed by atoms with Gasteiger partial charge in [0, 0.05) is 26.2 Å². The van der Waals surface area contributed by atoms with Crippen LogP contribution in [0.1, 0.15) is 5.56 Å². The number of rotatable bonds is 2. The van der Waals surface area contributed by atoms with E-state index in [2.05, 4.69) is 0 Å². The molecular formula is C10H14N2O2. The fourth-order valence-corrected chi connectivity index (χ4v) is 0.957. The summed E-state index contributed by atoms with van der Waals surface area (Å²) < 4.78 is 5.10. The molecule has 14 heavy (non-hydrogen) atoms. The van der Waals surface area contributed by atoms with Crippen molar-refractivity contribution in [2.24, 2.45) is 5.73 Å². The number of hydrogen-bond acceptors (Lipinski definition) is 3. The van der Waals surface area contributed by atoms with Crippen LogP contribution in [0.15, 0.2) is 24.3 Å². The Morgan fingerprint density at radius 3 is 2.64 bits per heavy atom. The molecule has 0 aliphatic heterocycles. The van der Waals surface area contributed by atoms with Crippen LogP contribution in [-0.2, 0) is 6.54 Å². The molecule has 0 saturated heterocycles. The number of carbonyl (C=O) groups excluding carboxylic acids is 1. The van der Waals surface area contributed by atoms with E-state index in [0.29, 0.717) is 12.3 Å². The summed E-state index contributed by atoms with van der Waals surface area (Å²) in [4.78, 5) is 12.6. The number of para-hydroxylation sites is 1. The van der Waals surface area contributed by atoms with Gasteiger partial charge in [0.05, 0.1) is 0 Å². The molecule has 1 rings (SSSR count). The Hall–Kier alpha value is -1.55. The van der Waals surface area contributed by atoms with Crippen molar-refractivity contribution >= 4 is 6.09 Å². The Morgan fingerprint density at radius 2 is 2.07 bits per heavy atom. The van der Waals surface area contributed by atoms with Crippen LogP contribution >= 0.6 is 0 Å². The van der Waals surface area contributed by atoms with Gasteiger partial charge >= 0.3 is 6.09 Å². The third-order valence-electron chi connectivity index (χ3n) is 1.75. The zero-order chi connectivity index (χ0) is 10.6. The van der Waals surface area contributed by atoms with Crippen LogP contribution in [0.3, 0.4) is 0 Å². The highest BCUT2D eigenvalue weighted by atomic mass is 16.6. The number of nitrogens with two attached hydrogens (primary N) is 1. The van der Waals surface area contributed by atoms with Crippen LogP contribution in [-0.4, -0.2) is 25.1 Å². The highest BCUT2D eigenvalue weighted by Crippen LogP contribution is 2.17. The second-order valence-corrected chi connectivity index (χ2v) is 3.07. The highest BCUT2D eigenvalue weighted by molar-refractivity contribution is 5.70. The van der Waals surface area contributed by atoms with Gasteiger partial charge in [-0.3, -0.25) is 0 Å². The van der Waals surface area contributed by atoms with Gasteiger partial charge in [-0.1, -0.05) is 18.2 Å². The SMILES string of the molecule is CN(C)C(=O)Oc1ccccc1CN. The predicted octanol–water partition coefficient (Wildman–Crippen LogP) is 1.21. The Bertz CT molecular complexity index is 324. The Morgan fingerprint density at radius 1 is 1.43 bits per heavy atom. The van der Waals surface area contributed by atoms with Crippen LogP contribution in [0.25, 0.3) is 0 Å². The van der Waals surface area contributed by atoms with E-state index >= 15 is 0 Å². The number of benzene rings is 1. The van der Waals surface area contributed by atoms with Crippen LogP contribution in [0.4, 0.5) is 4.79 Å². The molecule has 0 radical (unpaired) electrons. The average Bonchev–Trinajstić information content (AvgIpc) is 2.18. The topological polar surface area (TPSA) is 55.6 Å². The number of ether oxygens (including phenoxy) is 1. The van der Waals surface area contributed by atoms with Gasteiger partial charge in [0.15, 0.2) is 0 Å². The Balaban J connectivity index is 2.80. The van der Waals surface area contributed by atoms with Crippen molar-refractivity contribution in [3.05, 3.63) is 29.8 Å². The molecule has 1 aromatic rings. The molecule has 0 saturated carbocycles. The molecule has 1 amide bonds. The number of nitrogens with zero attached hydrogens (tertiary/aromatic N) is 1. The summed E-state index contributed by atoms with van der Waals surface area (Å²) in [6.07, 6.45) is -0.397. The normalized spacial score (nSPS) is 9.64. The molecule has 0 aromatic heterocycles. The molecule has 0 atom stereocenters. The molecule has 0 unspecified atom stereocenters. The first-order chi connectivity index (χ1) is 6.65. The molecule has 76 valence electrons. The lowest BCUT2D eigenvalue weighted by Crippen LogP contribution is -2.25. The van der Waals surface area contributed by atoms with Crippen molar-refractivity contribution in [1.82, 2.24) is 4.90 Å². The highest BCUT2D eigenvalue weighted by Gasteiger charge is 2.08. The third kappa shape index (κ3) is 2.47. The molecule has 1 aromatic carbocycles. The molecular weight excluding hydrogens is 180 g/mol. The quantitative estimate of drug-likeness (QED) is 0.769. The zero-order valence-electron chi connectivity index (χ0n) is 8.36. The average molecular weight is 194 g/mol. The minimum absolute atomic E-state index is 0.358. The third-order valence-corrected chi connectivity index (χ3v) is 1.75. The lowest BCUT2D eigenvalue weighted by atomic mass is 10.2. The number of hydrogen-bond donors (Lipinski definition) is 1. The monoisotopic (exact) mass is 194 g/mol. The van der Waals surface area contributed by atoms with Crippen LogP contribution < -0.4 is 10.5 Å². The van der Waals surface area contributed by atoms with Gasteiger partial charge in [-0.25, -0.2) is 4.79 Å². The minimum atomic E-state index is -0.397. The van der Waals surface area contributed by atoms with Crippen LogP contribution in [0, 0.1) is 0 Å². The summed E-state index contributed by atoms with van der Waals surface area (Å²) in [5, 5.41) is 0. The van der Waals surface area contributed by atoms with Gasteiger partial charge in [-0.2, -0.15) is 0 Å². The van der Waals surface area contributed by atoms with Crippen molar-refractivity contribution in [2.75, 3.05) is 14.1 Å². The molecule has 0 spiro atoms. The van der Waals surface area contributed by atoms with Crippen LogP contribution in [0.5, 0.6) is 5.75 Å². The summed E-state index contributed by atoms with van der Waals surface area (Å²) in [7, 11) is 3.26. The van der Waals surface area contributed by atoms with Crippen molar-refractivity contribution in [2.45, 2.75) is 6.54 Å². The summed E-state index contributed by atoms with van der Waals surface area (Å²) in [6, 6.07) is 7.22. The van der Waals surface area contributed by atoms with E-state index in [0.717, 1.165) is 5.56 Å². The van der Waals surface area contributed by atoms with E-state index in [4.69, 9.17) is 10.5 Å². The van der Waals surface area contributed by atoms with Crippen molar-refractivity contribution in [3.63, 3.8) is 0 Å². The molecule has 0 aliphatic rings. The summed E-state index contributed by atoms with van der Waals surface area (Å²) in [5.41, 5.74) is 6.32. The second kappa shape index (κ2) is 4.62. The predicted molar refractivity (Wildman–Crippen MR) is 54.0 cm³/mol. The smallest absolute Gasteiger partial charge is 0.410 e. The maximum absolute atomic E-state index is 11.2. The van der Waals surface area contributed by atoms with Gasteiger partial charge in [0.25, 0.3) is 0 Å². The van der Waals surface area contributed by atoms with E-state index in [1.165, 1.54) is 4.90 Å². The number of carbonyl (C=O) groups is 1. The minimum Gasteiger partial charge on any atom is -0.410 e. The molecule has 0 aliphatic carbocycles. The molecule has 0 heterocycles. The first kappa shape index (κ1) is 10.5. The molecule has 0 bridgehead atoms. The maximum atomic E-state index is 11.2. The molecule has 0 fully saturated rings.